The van der Waals surface area contributed by atoms with E-state index in [-0.39, 0.29) is 12.1 Å². The van der Waals surface area contributed by atoms with Gasteiger partial charge >= 0.3 is 0 Å². The molecule has 0 fully saturated rings. The van der Waals surface area contributed by atoms with Gasteiger partial charge in [-0.3, -0.25) is 0 Å². The Morgan fingerprint density at radius 3 is 2.18 bits per heavy atom. The molecule has 2 heterocycles. The minimum absolute atomic E-state index is 0.103. The highest BCUT2D eigenvalue weighted by atomic mass is 16.5. The van der Waals surface area contributed by atoms with Crippen molar-refractivity contribution in [1.29, 1.82) is 0 Å². The van der Waals surface area contributed by atoms with Gasteiger partial charge in [0.1, 0.15) is 5.75 Å². The number of ether oxygens (including phenoxy) is 1. The second kappa shape index (κ2) is 7.27. The lowest BCUT2D eigenvalue weighted by atomic mass is 9.30. The van der Waals surface area contributed by atoms with Crippen molar-refractivity contribution in [3.63, 3.8) is 0 Å². The molecule has 0 aliphatic carbocycles. The second-order valence-corrected chi connectivity index (χ2v) is 10.4. The molecule has 0 N–H and O–H groups in total. The summed E-state index contributed by atoms with van der Waals surface area (Å²) in [6, 6.07) is 27.1. The highest BCUT2D eigenvalue weighted by molar-refractivity contribution is 6.99. The summed E-state index contributed by atoms with van der Waals surface area (Å²) in [5, 5.41) is 0. The Morgan fingerprint density at radius 1 is 0.735 bits per heavy atom. The van der Waals surface area contributed by atoms with E-state index in [1.54, 1.807) is 7.11 Å². The highest BCUT2D eigenvalue weighted by Gasteiger charge is 2.46. The van der Waals surface area contributed by atoms with Gasteiger partial charge in [0.05, 0.1) is 7.11 Å². The third-order valence-electron chi connectivity index (χ3n) is 7.86. The average molecular weight is 443 g/mol. The summed E-state index contributed by atoms with van der Waals surface area (Å²) in [5.41, 5.74) is 14.6. The first-order chi connectivity index (χ1) is 16.3. The van der Waals surface area contributed by atoms with Crippen molar-refractivity contribution in [3.8, 4) is 5.75 Å². The molecule has 0 atom stereocenters. The molecule has 6 rings (SSSR count). The van der Waals surface area contributed by atoms with Gasteiger partial charge in [-0.05, 0) is 84.8 Å². The van der Waals surface area contributed by atoms with Crippen LogP contribution >= 0.6 is 0 Å². The Hall–Kier alpha value is -3.46. The maximum Gasteiger partial charge on any atom is 0.247 e. The number of rotatable bonds is 2. The molecule has 0 unspecified atom stereocenters. The molecule has 2 aliphatic heterocycles. The Bertz CT molecular complexity index is 1450. The average Bonchev–Trinajstić information content (AvgIpc) is 2.82. The van der Waals surface area contributed by atoms with E-state index in [2.05, 4.69) is 112 Å². The van der Waals surface area contributed by atoms with Crippen LogP contribution in [0.4, 0.5) is 17.1 Å². The molecule has 2 aliphatic rings. The van der Waals surface area contributed by atoms with Crippen molar-refractivity contribution in [2.75, 3.05) is 12.0 Å². The zero-order valence-electron chi connectivity index (χ0n) is 20.9. The minimum atomic E-state index is -0.103. The number of hydrogen-bond donors (Lipinski definition) is 0. The molecule has 4 aromatic carbocycles. The Labute approximate surface area is 203 Å². The van der Waals surface area contributed by atoms with E-state index in [4.69, 9.17) is 4.74 Å². The van der Waals surface area contributed by atoms with Crippen LogP contribution in [-0.2, 0) is 5.41 Å². The summed E-state index contributed by atoms with van der Waals surface area (Å²) >= 11 is 0. The molecule has 34 heavy (non-hydrogen) atoms. The molecule has 0 aromatic heterocycles. The van der Waals surface area contributed by atoms with Crippen LogP contribution in [0.1, 0.15) is 41.7 Å². The quantitative estimate of drug-likeness (QED) is 0.331. The monoisotopic (exact) mass is 443 g/mol. The zero-order chi connectivity index (χ0) is 23.8. The summed E-state index contributed by atoms with van der Waals surface area (Å²) in [4.78, 5) is 2.46. The lowest BCUT2D eigenvalue weighted by Crippen LogP contribution is -2.64. The van der Waals surface area contributed by atoms with Gasteiger partial charge in [0, 0.05) is 22.5 Å². The fourth-order valence-electron chi connectivity index (χ4n) is 6.33. The Morgan fingerprint density at radius 2 is 1.44 bits per heavy atom. The molecular weight excluding hydrogens is 413 g/mol. The SMILES string of the molecule is COc1ccc2c(c1)B1c3cc(C)ccc3N(c3ccc(C)cc3)c3ccc(C)c(c31)C2(C)C. The van der Waals surface area contributed by atoms with E-state index < -0.39 is 0 Å². The minimum Gasteiger partial charge on any atom is -0.497 e. The number of hydrogen-bond acceptors (Lipinski definition) is 2. The molecule has 0 amide bonds. The van der Waals surface area contributed by atoms with Crippen molar-refractivity contribution in [3.05, 3.63) is 101 Å². The standard InChI is InChI=1S/C31H30BNO/c1-19-7-11-22(12-8-19)33-27-15-9-20(2)17-26(27)32-25-18-23(34-6)13-14-24(25)31(4,5)29-21(3)10-16-28(33)30(29)32/h7-18H,1-6H3. The van der Waals surface area contributed by atoms with Crippen molar-refractivity contribution < 1.29 is 4.74 Å². The lowest BCUT2D eigenvalue weighted by molar-refractivity contribution is 0.414. The van der Waals surface area contributed by atoms with Crippen LogP contribution < -0.4 is 26.0 Å². The van der Waals surface area contributed by atoms with Crippen LogP contribution in [0.15, 0.2) is 72.8 Å². The molecule has 168 valence electrons. The van der Waals surface area contributed by atoms with Gasteiger partial charge in [0.2, 0.25) is 6.71 Å². The smallest absolute Gasteiger partial charge is 0.247 e. The highest BCUT2D eigenvalue weighted by Crippen LogP contribution is 2.43. The van der Waals surface area contributed by atoms with E-state index in [1.807, 2.05) is 0 Å². The first kappa shape index (κ1) is 21.1. The Balaban J connectivity index is 1.75. The number of benzene rings is 4. The fraction of sp³-hybridized carbons (Fsp3) is 0.226. The number of fused-ring (bicyclic) bond motifs is 4. The topological polar surface area (TPSA) is 12.5 Å². The summed E-state index contributed by atoms with van der Waals surface area (Å²) in [5.74, 6) is 0.919. The molecule has 3 heteroatoms. The van der Waals surface area contributed by atoms with Gasteiger partial charge in [-0.1, -0.05) is 66.8 Å². The lowest BCUT2D eigenvalue weighted by Gasteiger charge is -2.46. The predicted octanol–water partition coefficient (Wildman–Crippen LogP) is 5.56. The fourth-order valence-corrected chi connectivity index (χ4v) is 6.33. The van der Waals surface area contributed by atoms with E-state index in [1.165, 1.54) is 61.3 Å². The van der Waals surface area contributed by atoms with Crippen LogP contribution in [0.3, 0.4) is 0 Å². The van der Waals surface area contributed by atoms with Crippen LogP contribution in [-0.4, -0.2) is 13.8 Å². The van der Waals surface area contributed by atoms with Crippen LogP contribution in [0.25, 0.3) is 0 Å². The van der Waals surface area contributed by atoms with Crippen LogP contribution in [0.5, 0.6) is 5.75 Å². The van der Waals surface area contributed by atoms with Gasteiger partial charge in [-0.15, -0.1) is 0 Å². The van der Waals surface area contributed by atoms with Crippen molar-refractivity contribution in [1.82, 2.24) is 0 Å². The molecule has 0 radical (unpaired) electrons. The summed E-state index contributed by atoms with van der Waals surface area (Å²) < 4.78 is 5.70. The third kappa shape index (κ3) is 2.83. The van der Waals surface area contributed by atoms with Crippen molar-refractivity contribution >= 4 is 40.2 Å². The van der Waals surface area contributed by atoms with Gasteiger partial charge in [-0.2, -0.15) is 0 Å². The molecule has 0 saturated heterocycles. The van der Waals surface area contributed by atoms with Crippen molar-refractivity contribution in [2.24, 2.45) is 0 Å². The maximum atomic E-state index is 5.70. The molecule has 0 spiro atoms. The van der Waals surface area contributed by atoms with E-state index >= 15 is 0 Å². The molecule has 0 saturated carbocycles. The summed E-state index contributed by atoms with van der Waals surface area (Å²) in [6.45, 7) is 11.5. The molecule has 4 aromatic rings. The van der Waals surface area contributed by atoms with Gasteiger partial charge < -0.3 is 9.64 Å². The number of nitrogens with zero attached hydrogens (tertiary/aromatic N) is 1. The summed E-state index contributed by atoms with van der Waals surface area (Å²) in [7, 11) is 1.76. The van der Waals surface area contributed by atoms with E-state index in [0.717, 1.165) is 5.75 Å². The van der Waals surface area contributed by atoms with Crippen molar-refractivity contribution in [2.45, 2.75) is 40.0 Å². The van der Waals surface area contributed by atoms with Gasteiger partial charge in [-0.25, -0.2) is 0 Å². The normalized spacial score (nSPS) is 14.9. The number of aryl methyl sites for hydroxylation is 3. The summed E-state index contributed by atoms with van der Waals surface area (Å²) in [6.07, 6.45) is 0. The first-order valence-corrected chi connectivity index (χ1v) is 12.1. The second-order valence-electron chi connectivity index (χ2n) is 10.4. The third-order valence-corrected chi connectivity index (χ3v) is 7.86. The van der Waals surface area contributed by atoms with Crippen LogP contribution in [0, 0.1) is 20.8 Å². The van der Waals surface area contributed by atoms with E-state index in [9.17, 15) is 0 Å². The van der Waals surface area contributed by atoms with Crippen LogP contribution in [0.2, 0.25) is 0 Å². The largest absolute Gasteiger partial charge is 0.497 e. The number of anilines is 3. The molecule has 2 nitrogen and oxygen atoms in total. The first-order valence-electron chi connectivity index (χ1n) is 12.1. The molecular formula is C31H30BNO. The Kier molecular flexibility index (Phi) is 4.51. The number of methoxy groups -OCH3 is 1. The maximum absolute atomic E-state index is 5.70. The molecule has 0 bridgehead atoms. The van der Waals surface area contributed by atoms with Gasteiger partial charge in [0.15, 0.2) is 0 Å². The van der Waals surface area contributed by atoms with Gasteiger partial charge in [0.25, 0.3) is 0 Å². The predicted molar refractivity (Wildman–Crippen MR) is 145 cm³/mol. The zero-order valence-corrected chi connectivity index (χ0v) is 20.9. The van der Waals surface area contributed by atoms with E-state index in [0.29, 0.717) is 0 Å².